The molecule has 0 aliphatic rings. The van der Waals surface area contributed by atoms with Gasteiger partial charge in [0.25, 0.3) is 5.91 Å². The van der Waals surface area contributed by atoms with E-state index in [-0.39, 0.29) is 5.91 Å². The summed E-state index contributed by atoms with van der Waals surface area (Å²) in [5, 5.41) is 4.35. The van der Waals surface area contributed by atoms with Crippen LogP contribution in [0.5, 0.6) is 5.75 Å². The topological polar surface area (TPSA) is 64.1 Å². The van der Waals surface area contributed by atoms with Gasteiger partial charge in [0.2, 0.25) is 0 Å². The van der Waals surface area contributed by atoms with Crippen molar-refractivity contribution < 1.29 is 9.53 Å². The van der Waals surface area contributed by atoms with Crippen LogP contribution < -0.4 is 10.1 Å². The number of hydrogen-bond acceptors (Lipinski definition) is 5. The van der Waals surface area contributed by atoms with Crippen LogP contribution in [-0.2, 0) is 6.42 Å². The Morgan fingerprint density at radius 2 is 1.73 bits per heavy atom. The molecule has 5 nitrogen and oxygen atoms in total. The normalized spacial score (nSPS) is 10.8. The highest BCUT2D eigenvalue weighted by Gasteiger charge is 2.16. The average molecular weight is 452 g/mol. The monoisotopic (exact) mass is 451 g/mol. The van der Waals surface area contributed by atoms with E-state index in [0.29, 0.717) is 10.7 Å². The second-order valence-corrected chi connectivity index (χ2v) is 8.66. The number of aromatic nitrogens is 2. The van der Waals surface area contributed by atoms with Crippen LogP contribution in [-0.4, -0.2) is 23.0 Å². The number of anilines is 1. The zero-order valence-corrected chi connectivity index (χ0v) is 18.8. The largest absolute Gasteiger partial charge is 0.497 e. The predicted molar refractivity (Wildman–Crippen MR) is 133 cm³/mol. The number of carbonyl (C=O) groups excluding carboxylic acids is 1. The lowest BCUT2D eigenvalue weighted by Gasteiger charge is -2.10. The summed E-state index contributed by atoms with van der Waals surface area (Å²) < 4.78 is 5.25. The summed E-state index contributed by atoms with van der Waals surface area (Å²) in [6.45, 7) is 0. The lowest BCUT2D eigenvalue weighted by Crippen LogP contribution is -2.12. The van der Waals surface area contributed by atoms with Crippen molar-refractivity contribution in [1.29, 1.82) is 0 Å². The SMILES string of the molecule is COc1ccc(-c2cc(C(=O)Nc3ncc(Cc4ccccc4)s3)c3ccccc3n2)cc1. The van der Waals surface area contributed by atoms with Crippen LogP contribution in [0.25, 0.3) is 22.2 Å². The number of fused-ring (bicyclic) bond motifs is 1. The Morgan fingerprint density at radius 1 is 0.970 bits per heavy atom. The van der Waals surface area contributed by atoms with E-state index in [1.165, 1.54) is 16.9 Å². The number of carbonyl (C=O) groups is 1. The molecular formula is C27H21N3O2S. The number of ether oxygens (including phenoxy) is 1. The Kier molecular flexibility index (Phi) is 5.83. The maximum atomic E-state index is 13.3. The number of rotatable bonds is 6. The minimum Gasteiger partial charge on any atom is -0.497 e. The molecule has 0 atom stereocenters. The summed E-state index contributed by atoms with van der Waals surface area (Å²) in [5.74, 6) is 0.566. The van der Waals surface area contributed by atoms with Gasteiger partial charge in [-0.05, 0) is 42.0 Å². The lowest BCUT2D eigenvalue weighted by atomic mass is 10.0. The van der Waals surface area contributed by atoms with Crippen LogP contribution in [0.3, 0.4) is 0 Å². The van der Waals surface area contributed by atoms with E-state index >= 15 is 0 Å². The zero-order chi connectivity index (χ0) is 22.6. The van der Waals surface area contributed by atoms with Crippen molar-refractivity contribution in [2.45, 2.75) is 6.42 Å². The van der Waals surface area contributed by atoms with E-state index in [9.17, 15) is 4.79 Å². The van der Waals surface area contributed by atoms with Crippen LogP contribution >= 0.6 is 11.3 Å². The van der Waals surface area contributed by atoms with E-state index in [1.807, 2.05) is 79.0 Å². The molecule has 0 aliphatic carbocycles. The molecular weight excluding hydrogens is 430 g/mol. The Hall–Kier alpha value is -4.03. The Bertz CT molecular complexity index is 1410. The van der Waals surface area contributed by atoms with Crippen molar-refractivity contribution in [2.75, 3.05) is 12.4 Å². The molecule has 0 fully saturated rings. The number of nitrogens with one attached hydrogen (secondary N) is 1. The molecule has 0 aliphatic heterocycles. The number of pyridine rings is 1. The quantitative estimate of drug-likeness (QED) is 0.333. The third-order valence-electron chi connectivity index (χ3n) is 5.34. The summed E-state index contributed by atoms with van der Waals surface area (Å²) in [6.07, 6.45) is 2.61. The van der Waals surface area contributed by atoms with Crippen LogP contribution in [0.1, 0.15) is 20.8 Å². The molecule has 2 aromatic heterocycles. The lowest BCUT2D eigenvalue weighted by molar-refractivity contribution is 0.102. The van der Waals surface area contributed by atoms with Gasteiger partial charge in [0, 0.05) is 28.4 Å². The van der Waals surface area contributed by atoms with E-state index in [4.69, 9.17) is 9.72 Å². The van der Waals surface area contributed by atoms with Crippen molar-refractivity contribution in [3.63, 3.8) is 0 Å². The first-order valence-corrected chi connectivity index (χ1v) is 11.4. The van der Waals surface area contributed by atoms with Gasteiger partial charge in [-0.1, -0.05) is 48.5 Å². The highest BCUT2D eigenvalue weighted by Crippen LogP contribution is 2.28. The number of thiazole rings is 1. The number of amides is 1. The molecule has 33 heavy (non-hydrogen) atoms. The van der Waals surface area contributed by atoms with Gasteiger partial charge in [-0.2, -0.15) is 0 Å². The first-order valence-electron chi connectivity index (χ1n) is 10.5. The molecule has 5 rings (SSSR count). The predicted octanol–water partition coefficient (Wildman–Crippen LogP) is 6.21. The fourth-order valence-corrected chi connectivity index (χ4v) is 4.52. The standard InChI is InChI=1S/C27H21N3O2S/c1-32-20-13-11-19(12-14-20)25-16-23(22-9-5-6-10-24(22)29-25)26(31)30-27-28-17-21(33-27)15-18-7-3-2-4-8-18/h2-14,16-17H,15H2,1H3,(H,28,30,31). The molecule has 0 unspecified atom stereocenters. The van der Waals surface area contributed by atoms with Gasteiger partial charge in [0.1, 0.15) is 5.75 Å². The van der Waals surface area contributed by atoms with Crippen molar-refractivity contribution in [1.82, 2.24) is 9.97 Å². The first kappa shape index (κ1) is 20.8. The molecule has 2 heterocycles. The maximum absolute atomic E-state index is 13.3. The van der Waals surface area contributed by atoms with Crippen LogP contribution in [0.15, 0.2) is 91.1 Å². The number of hydrogen-bond donors (Lipinski definition) is 1. The van der Waals surface area contributed by atoms with Gasteiger partial charge in [0.05, 0.1) is 23.9 Å². The molecule has 162 valence electrons. The zero-order valence-electron chi connectivity index (χ0n) is 18.0. The fourth-order valence-electron chi connectivity index (χ4n) is 3.68. The average Bonchev–Trinajstić information content (AvgIpc) is 3.30. The minimum atomic E-state index is -0.205. The van der Waals surface area contributed by atoms with Gasteiger partial charge in [-0.3, -0.25) is 10.1 Å². The third kappa shape index (κ3) is 4.61. The molecule has 0 saturated carbocycles. The number of nitrogens with zero attached hydrogens (tertiary/aromatic N) is 2. The first-order chi connectivity index (χ1) is 16.2. The Morgan fingerprint density at radius 3 is 2.52 bits per heavy atom. The molecule has 3 aromatic carbocycles. The molecule has 0 bridgehead atoms. The molecule has 0 radical (unpaired) electrons. The Balaban J connectivity index is 1.44. The van der Waals surface area contributed by atoms with E-state index in [1.54, 1.807) is 7.11 Å². The molecule has 1 N–H and O–H groups in total. The summed E-state index contributed by atoms with van der Waals surface area (Å²) in [7, 11) is 1.63. The highest BCUT2D eigenvalue weighted by molar-refractivity contribution is 7.15. The van der Waals surface area contributed by atoms with Gasteiger partial charge in [-0.25, -0.2) is 9.97 Å². The second-order valence-electron chi connectivity index (χ2n) is 7.55. The minimum absolute atomic E-state index is 0.205. The van der Waals surface area contributed by atoms with E-state index < -0.39 is 0 Å². The van der Waals surface area contributed by atoms with Gasteiger partial charge in [0.15, 0.2) is 5.13 Å². The number of benzene rings is 3. The van der Waals surface area contributed by atoms with Gasteiger partial charge in [-0.15, -0.1) is 11.3 Å². The third-order valence-corrected chi connectivity index (χ3v) is 6.25. The van der Waals surface area contributed by atoms with Crippen molar-refractivity contribution >= 4 is 33.3 Å². The van der Waals surface area contributed by atoms with Gasteiger partial charge >= 0.3 is 0 Å². The van der Waals surface area contributed by atoms with E-state index in [2.05, 4.69) is 22.4 Å². The smallest absolute Gasteiger partial charge is 0.258 e. The molecule has 6 heteroatoms. The molecule has 0 spiro atoms. The summed E-state index contributed by atoms with van der Waals surface area (Å²) >= 11 is 1.49. The molecule has 0 saturated heterocycles. The van der Waals surface area contributed by atoms with Crippen molar-refractivity contribution in [3.05, 3.63) is 107 Å². The van der Waals surface area contributed by atoms with Crippen LogP contribution in [0.4, 0.5) is 5.13 Å². The Labute approximate surface area is 195 Å². The second kappa shape index (κ2) is 9.22. The van der Waals surface area contributed by atoms with Gasteiger partial charge < -0.3 is 4.74 Å². The van der Waals surface area contributed by atoms with Crippen molar-refractivity contribution in [3.8, 4) is 17.0 Å². The van der Waals surface area contributed by atoms with Crippen LogP contribution in [0.2, 0.25) is 0 Å². The number of para-hydroxylation sites is 1. The van der Waals surface area contributed by atoms with Crippen LogP contribution in [0, 0.1) is 0 Å². The molecule has 1 amide bonds. The highest BCUT2D eigenvalue weighted by atomic mass is 32.1. The van der Waals surface area contributed by atoms with Crippen molar-refractivity contribution in [2.24, 2.45) is 0 Å². The summed E-state index contributed by atoms with van der Waals surface area (Å²) in [6, 6.07) is 27.4. The summed E-state index contributed by atoms with van der Waals surface area (Å²) in [4.78, 5) is 23.6. The summed E-state index contributed by atoms with van der Waals surface area (Å²) in [5.41, 5.74) is 4.18. The maximum Gasteiger partial charge on any atom is 0.258 e. The number of methoxy groups -OCH3 is 1. The molecule has 5 aromatic rings. The fraction of sp³-hybridized carbons (Fsp3) is 0.0741. The van der Waals surface area contributed by atoms with E-state index in [0.717, 1.165) is 39.2 Å².